The van der Waals surface area contributed by atoms with Crippen molar-refractivity contribution >= 4 is 10.9 Å². The highest BCUT2D eigenvalue weighted by Crippen LogP contribution is 2.32. The lowest BCUT2D eigenvalue weighted by molar-refractivity contribution is 0.628. The highest BCUT2D eigenvalue weighted by molar-refractivity contribution is 5.95. The topological polar surface area (TPSA) is 17.8 Å². The van der Waals surface area contributed by atoms with E-state index in [1.165, 1.54) is 34.3 Å². The first-order valence-corrected chi connectivity index (χ1v) is 8.39. The van der Waals surface area contributed by atoms with E-state index in [9.17, 15) is 4.39 Å². The maximum absolute atomic E-state index is 13.3. The maximum atomic E-state index is 13.3. The predicted octanol–water partition coefficient (Wildman–Crippen LogP) is 5.51. The molecule has 4 rings (SSSR count). The quantitative estimate of drug-likeness (QED) is 0.484. The molecule has 0 N–H and O–H groups in total. The molecule has 0 saturated heterocycles. The second-order valence-corrected chi connectivity index (χ2v) is 6.34. The van der Waals surface area contributed by atoms with Crippen LogP contribution < -0.4 is 0 Å². The van der Waals surface area contributed by atoms with Gasteiger partial charge in [-0.15, -0.1) is 0 Å². The number of aryl methyl sites for hydroxylation is 1. The third-order valence-electron chi connectivity index (χ3n) is 4.85. The second-order valence-electron chi connectivity index (χ2n) is 6.34. The van der Waals surface area contributed by atoms with E-state index in [0.29, 0.717) is 0 Å². The third-order valence-corrected chi connectivity index (χ3v) is 4.85. The van der Waals surface area contributed by atoms with E-state index in [2.05, 4.69) is 53.7 Å². The molecule has 3 heteroatoms. The van der Waals surface area contributed by atoms with Gasteiger partial charge < -0.3 is 4.57 Å². The Morgan fingerprint density at radius 1 is 0.920 bits per heavy atom. The summed E-state index contributed by atoms with van der Waals surface area (Å²) < 4.78 is 15.6. The van der Waals surface area contributed by atoms with Gasteiger partial charge in [-0.2, -0.15) is 0 Å². The van der Waals surface area contributed by atoms with Crippen molar-refractivity contribution in [3.05, 3.63) is 89.5 Å². The minimum atomic E-state index is -0.233. The summed E-state index contributed by atoms with van der Waals surface area (Å²) in [5.41, 5.74) is 6.67. The zero-order valence-electron chi connectivity index (χ0n) is 14.3. The Labute approximate surface area is 146 Å². The van der Waals surface area contributed by atoms with Crippen LogP contribution in [0.5, 0.6) is 0 Å². The van der Waals surface area contributed by atoms with Crippen LogP contribution in [0.25, 0.3) is 22.2 Å². The summed E-state index contributed by atoms with van der Waals surface area (Å²) in [4.78, 5) is 4.62. The maximum Gasteiger partial charge on any atom is 0.123 e. The van der Waals surface area contributed by atoms with Crippen LogP contribution in [0.15, 0.2) is 66.9 Å². The summed E-state index contributed by atoms with van der Waals surface area (Å²) in [5.74, 6) is -0.233. The minimum Gasteiger partial charge on any atom is -0.338 e. The van der Waals surface area contributed by atoms with Crippen molar-refractivity contribution in [1.82, 2.24) is 9.55 Å². The molecule has 0 radical (unpaired) electrons. The molecule has 2 heterocycles. The van der Waals surface area contributed by atoms with Crippen LogP contribution in [0.3, 0.4) is 0 Å². The first-order chi connectivity index (χ1) is 12.1. The predicted molar refractivity (Wildman–Crippen MR) is 100 cm³/mol. The number of hydrogen-bond donors (Lipinski definition) is 0. The summed E-state index contributed by atoms with van der Waals surface area (Å²) in [6.45, 7) is 5.08. The van der Waals surface area contributed by atoms with Crippen LogP contribution in [-0.4, -0.2) is 9.55 Å². The molecule has 0 spiro atoms. The van der Waals surface area contributed by atoms with E-state index in [1.54, 1.807) is 12.1 Å². The molecule has 0 unspecified atom stereocenters. The van der Waals surface area contributed by atoms with Crippen molar-refractivity contribution in [1.29, 1.82) is 0 Å². The largest absolute Gasteiger partial charge is 0.338 e. The summed E-state index contributed by atoms with van der Waals surface area (Å²) in [5, 5.41) is 1.20. The molecule has 0 bridgehead atoms. The van der Waals surface area contributed by atoms with Gasteiger partial charge >= 0.3 is 0 Å². The van der Waals surface area contributed by atoms with Gasteiger partial charge in [0, 0.05) is 29.4 Å². The van der Waals surface area contributed by atoms with E-state index in [1.807, 2.05) is 12.3 Å². The Morgan fingerprint density at radius 2 is 1.64 bits per heavy atom. The molecule has 0 fully saturated rings. The number of rotatable bonds is 3. The molecule has 0 aliphatic carbocycles. The zero-order chi connectivity index (χ0) is 17.4. The van der Waals surface area contributed by atoms with Gasteiger partial charge in [-0.05, 0) is 55.3 Å². The van der Waals surface area contributed by atoms with Crippen molar-refractivity contribution in [3.63, 3.8) is 0 Å². The van der Waals surface area contributed by atoms with Crippen molar-refractivity contribution in [3.8, 4) is 11.3 Å². The average molecular weight is 330 g/mol. The van der Waals surface area contributed by atoms with Crippen molar-refractivity contribution < 1.29 is 4.39 Å². The summed E-state index contributed by atoms with van der Waals surface area (Å²) >= 11 is 0. The molecule has 0 amide bonds. The summed E-state index contributed by atoms with van der Waals surface area (Å²) in [6.07, 6.45) is 1.83. The van der Waals surface area contributed by atoms with Gasteiger partial charge in [0.05, 0.1) is 11.2 Å². The number of benzene rings is 2. The van der Waals surface area contributed by atoms with Crippen LogP contribution in [-0.2, 0) is 6.54 Å². The number of fused-ring (bicyclic) bond motifs is 1. The monoisotopic (exact) mass is 330 g/mol. The second kappa shape index (κ2) is 6.17. The molecule has 2 aromatic carbocycles. The van der Waals surface area contributed by atoms with Gasteiger partial charge in [-0.3, -0.25) is 4.98 Å². The Balaban J connectivity index is 1.96. The number of nitrogens with zero attached hydrogens (tertiary/aromatic N) is 2. The van der Waals surface area contributed by atoms with Crippen molar-refractivity contribution in [2.75, 3.05) is 0 Å². The lowest BCUT2D eigenvalue weighted by Crippen LogP contribution is -2.03. The Hall–Kier alpha value is -2.94. The average Bonchev–Trinajstić information content (AvgIpc) is 2.88. The molecular weight excluding hydrogens is 311 g/mol. The molecule has 2 aromatic heterocycles. The van der Waals surface area contributed by atoms with Crippen LogP contribution in [0.2, 0.25) is 0 Å². The van der Waals surface area contributed by atoms with E-state index in [4.69, 9.17) is 0 Å². The summed E-state index contributed by atoms with van der Waals surface area (Å²) in [6, 6.07) is 19.0. The molecule has 0 aliphatic rings. The molecular formula is C22H19FN2. The third kappa shape index (κ3) is 2.72. The van der Waals surface area contributed by atoms with Crippen LogP contribution in [0.1, 0.15) is 16.8 Å². The molecule has 25 heavy (non-hydrogen) atoms. The summed E-state index contributed by atoms with van der Waals surface area (Å²) in [7, 11) is 0. The van der Waals surface area contributed by atoms with Crippen molar-refractivity contribution in [2.45, 2.75) is 20.4 Å². The highest BCUT2D eigenvalue weighted by atomic mass is 19.1. The van der Waals surface area contributed by atoms with Gasteiger partial charge in [0.2, 0.25) is 0 Å². The van der Waals surface area contributed by atoms with Crippen molar-refractivity contribution in [2.24, 2.45) is 0 Å². The molecule has 4 aromatic rings. The van der Waals surface area contributed by atoms with E-state index in [-0.39, 0.29) is 5.82 Å². The van der Waals surface area contributed by atoms with Gasteiger partial charge in [-0.1, -0.05) is 30.3 Å². The molecule has 0 aliphatic heterocycles. The first kappa shape index (κ1) is 15.6. The zero-order valence-corrected chi connectivity index (χ0v) is 14.3. The van der Waals surface area contributed by atoms with Gasteiger partial charge in [-0.25, -0.2) is 4.39 Å². The Bertz CT molecular complexity index is 1030. The van der Waals surface area contributed by atoms with Gasteiger partial charge in [0.1, 0.15) is 5.82 Å². The van der Waals surface area contributed by atoms with Crippen LogP contribution in [0.4, 0.5) is 4.39 Å². The number of hydrogen-bond acceptors (Lipinski definition) is 1. The van der Waals surface area contributed by atoms with Crippen LogP contribution >= 0.6 is 0 Å². The Morgan fingerprint density at radius 3 is 2.36 bits per heavy atom. The first-order valence-electron chi connectivity index (χ1n) is 8.39. The lowest BCUT2D eigenvalue weighted by atomic mass is 10.1. The highest BCUT2D eigenvalue weighted by Gasteiger charge is 2.16. The van der Waals surface area contributed by atoms with E-state index >= 15 is 0 Å². The standard InChI is InChI=1S/C22H19FN2/c1-15-16(2)25(14-17-6-4-3-5-7-17)22-20(15)12-13-24-21(22)18-8-10-19(23)11-9-18/h3-13H,14H2,1-2H3. The molecule has 0 atom stereocenters. The van der Waals surface area contributed by atoms with E-state index < -0.39 is 0 Å². The smallest absolute Gasteiger partial charge is 0.123 e. The number of pyridine rings is 1. The van der Waals surface area contributed by atoms with Gasteiger partial charge in [0.25, 0.3) is 0 Å². The fourth-order valence-corrected chi connectivity index (χ4v) is 3.38. The molecule has 0 saturated carbocycles. The minimum absolute atomic E-state index is 0.233. The number of aromatic nitrogens is 2. The normalized spacial score (nSPS) is 11.2. The SMILES string of the molecule is Cc1c(C)n(Cc2ccccc2)c2c(-c3ccc(F)cc3)nccc12. The van der Waals surface area contributed by atoms with Crippen LogP contribution in [0, 0.1) is 19.7 Å². The fourth-order valence-electron chi connectivity index (χ4n) is 3.38. The Kier molecular flexibility index (Phi) is 3.85. The fraction of sp³-hybridized carbons (Fsp3) is 0.136. The van der Waals surface area contributed by atoms with Gasteiger partial charge in [0.15, 0.2) is 0 Å². The molecule has 124 valence electrons. The number of halogens is 1. The molecule has 2 nitrogen and oxygen atoms in total. The van der Waals surface area contributed by atoms with E-state index in [0.717, 1.165) is 23.3 Å². The lowest BCUT2D eigenvalue weighted by Gasteiger charge is -2.11.